The number of nitrogens with zero attached hydrogens (tertiary/aromatic N) is 1. The van der Waals surface area contributed by atoms with Gasteiger partial charge in [0.05, 0.1) is 4.47 Å². The summed E-state index contributed by atoms with van der Waals surface area (Å²) in [5.41, 5.74) is 1.04. The minimum atomic E-state index is -0.171. The van der Waals surface area contributed by atoms with Crippen molar-refractivity contribution in [3.05, 3.63) is 34.1 Å². The molecule has 1 saturated heterocycles. The standard InChI is InChI=1S/C14H20BrFN2/c1-2-17-9-12-6-4-8-18(12)10-11-5-3-7-13(16)14(11)15/h3,5,7,12,17H,2,4,6,8-10H2,1H3. The van der Waals surface area contributed by atoms with Crippen LogP contribution in [0.4, 0.5) is 4.39 Å². The monoisotopic (exact) mass is 314 g/mol. The van der Waals surface area contributed by atoms with E-state index in [1.54, 1.807) is 6.07 Å². The lowest BCUT2D eigenvalue weighted by atomic mass is 10.1. The minimum absolute atomic E-state index is 0.171. The summed E-state index contributed by atoms with van der Waals surface area (Å²) in [6, 6.07) is 5.86. The van der Waals surface area contributed by atoms with Gasteiger partial charge in [-0.15, -0.1) is 0 Å². The maximum atomic E-state index is 13.5. The van der Waals surface area contributed by atoms with Crippen LogP contribution < -0.4 is 5.32 Å². The number of nitrogens with one attached hydrogen (secondary N) is 1. The van der Waals surface area contributed by atoms with Gasteiger partial charge in [-0.25, -0.2) is 4.39 Å². The molecular formula is C14H20BrFN2. The van der Waals surface area contributed by atoms with Crippen molar-refractivity contribution in [3.8, 4) is 0 Å². The van der Waals surface area contributed by atoms with Gasteiger partial charge in [0, 0.05) is 19.1 Å². The van der Waals surface area contributed by atoms with Crippen LogP contribution in [0.25, 0.3) is 0 Å². The molecule has 0 saturated carbocycles. The summed E-state index contributed by atoms with van der Waals surface area (Å²) in [6.45, 7) is 6.10. The molecule has 4 heteroatoms. The fourth-order valence-corrected chi connectivity index (χ4v) is 2.92. The number of likely N-dealkylation sites (tertiary alicyclic amines) is 1. The zero-order chi connectivity index (χ0) is 13.0. The van der Waals surface area contributed by atoms with E-state index in [9.17, 15) is 4.39 Å². The molecule has 18 heavy (non-hydrogen) atoms. The van der Waals surface area contributed by atoms with Gasteiger partial charge in [0.25, 0.3) is 0 Å². The molecule has 1 aromatic rings. The third-order valence-corrected chi connectivity index (χ3v) is 4.42. The van der Waals surface area contributed by atoms with E-state index in [0.29, 0.717) is 10.5 Å². The summed E-state index contributed by atoms with van der Waals surface area (Å²) < 4.78 is 14.1. The second kappa shape index (κ2) is 6.64. The van der Waals surface area contributed by atoms with Gasteiger partial charge in [0.2, 0.25) is 0 Å². The fourth-order valence-electron chi connectivity index (χ4n) is 2.53. The van der Waals surface area contributed by atoms with Crippen molar-refractivity contribution in [3.63, 3.8) is 0 Å². The third-order valence-electron chi connectivity index (χ3n) is 3.53. The Hall–Kier alpha value is -0.450. The van der Waals surface area contributed by atoms with Crippen LogP contribution in [0.1, 0.15) is 25.3 Å². The van der Waals surface area contributed by atoms with Crippen molar-refractivity contribution in [1.29, 1.82) is 0 Å². The molecule has 100 valence electrons. The summed E-state index contributed by atoms with van der Waals surface area (Å²) in [5.74, 6) is -0.171. The normalized spacial score (nSPS) is 20.5. The van der Waals surface area contributed by atoms with Gasteiger partial charge >= 0.3 is 0 Å². The van der Waals surface area contributed by atoms with Crippen LogP contribution in [0.5, 0.6) is 0 Å². The third kappa shape index (κ3) is 3.31. The number of halogens is 2. The molecular weight excluding hydrogens is 295 g/mol. The van der Waals surface area contributed by atoms with Crippen LogP contribution in [0.15, 0.2) is 22.7 Å². The van der Waals surface area contributed by atoms with E-state index in [4.69, 9.17) is 0 Å². The Kier molecular flexibility index (Phi) is 5.15. The number of hydrogen-bond acceptors (Lipinski definition) is 2. The second-order valence-electron chi connectivity index (χ2n) is 4.79. The van der Waals surface area contributed by atoms with Crippen LogP contribution in [-0.2, 0) is 6.54 Å². The van der Waals surface area contributed by atoms with Crippen molar-refractivity contribution < 1.29 is 4.39 Å². The van der Waals surface area contributed by atoms with Crippen molar-refractivity contribution in [2.24, 2.45) is 0 Å². The maximum absolute atomic E-state index is 13.5. The molecule has 0 radical (unpaired) electrons. The predicted octanol–water partition coefficient (Wildman–Crippen LogP) is 3.16. The Morgan fingerprint density at radius 3 is 3.11 bits per heavy atom. The molecule has 1 heterocycles. The van der Waals surface area contributed by atoms with E-state index in [2.05, 4.69) is 33.1 Å². The largest absolute Gasteiger partial charge is 0.315 e. The highest BCUT2D eigenvalue weighted by Crippen LogP contribution is 2.25. The van der Waals surface area contributed by atoms with E-state index in [1.165, 1.54) is 18.9 Å². The lowest BCUT2D eigenvalue weighted by Crippen LogP contribution is -2.37. The van der Waals surface area contributed by atoms with Gasteiger partial charge in [0.15, 0.2) is 0 Å². The smallest absolute Gasteiger partial charge is 0.137 e. The number of hydrogen-bond donors (Lipinski definition) is 1. The number of rotatable bonds is 5. The van der Waals surface area contributed by atoms with Gasteiger partial charge in [-0.1, -0.05) is 19.1 Å². The first-order valence-electron chi connectivity index (χ1n) is 6.60. The highest BCUT2D eigenvalue weighted by atomic mass is 79.9. The molecule has 1 fully saturated rings. The van der Waals surface area contributed by atoms with E-state index < -0.39 is 0 Å². The summed E-state index contributed by atoms with van der Waals surface area (Å²) in [6.07, 6.45) is 2.48. The maximum Gasteiger partial charge on any atom is 0.137 e. The molecule has 2 nitrogen and oxygen atoms in total. The highest BCUT2D eigenvalue weighted by Gasteiger charge is 2.24. The molecule has 1 aliphatic heterocycles. The fraction of sp³-hybridized carbons (Fsp3) is 0.571. The van der Waals surface area contributed by atoms with Gasteiger partial charge < -0.3 is 5.32 Å². The lowest BCUT2D eigenvalue weighted by Gasteiger charge is -2.25. The zero-order valence-corrected chi connectivity index (χ0v) is 12.3. The van der Waals surface area contributed by atoms with Crippen molar-refractivity contribution in [1.82, 2.24) is 10.2 Å². The second-order valence-corrected chi connectivity index (χ2v) is 5.58. The molecule has 0 amide bonds. The molecule has 1 N–H and O–H groups in total. The molecule has 2 rings (SSSR count). The lowest BCUT2D eigenvalue weighted by molar-refractivity contribution is 0.239. The van der Waals surface area contributed by atoms with Crippen LogP contribution in [0.2, 0.25) is 0 Å². The molecule has 1 aliphatic rings. The van der Waals surface area contributed by atoms with Gasteiger partial charge in [-0.05, 0) is 53.5 Å². The van der Waals surface area contributed by atoms with Crippen LogP contribution >= 0.6 is 15.9 Å². The van der Waals surface area contributed by atoms with Crippen LogP contribution in [0.3, 0.4) is 0 Å². The van der Waals surface area contributed by atoms with Gasteiger partial charge in [0.1, 0.15) is 5.82 Å². The predicted molar refractivity (Wildman–Crippen MR) is 76.1 cm³/mol. The Bertz CT molecular complexity index is 397. The van der Waals surface area contributed by atoms with Crippen molar-refractivity contribution in [2.75, 3.05) is 19.6 Å². The molecule has 0 bridgehead atoms. The van der Waals surface area contributed by atoms with E-state index in [0.717, 1.165) is 31.7 Å². The Morgan fingerprint density at radius 1 is 1.50 bits per heavy atom. The van der Waals surface area contributed by atoms with Crippen LogP contribution in [-0.4, -0.2) is 30.6 Å². The first-order valence-corrected chi connectivity index (χ1v) is 7.39. The Labute approximate surface area is 117 Å². The van der Waals surface area contributed by atoms with E-state index >= 15 is 0 Å². The van der Waals surface area contributed by atoms with Crippen molar-refractivity contribution >= 4 is 15.9 Å². The topological polar surface area (TPSA) is 15.3 Å². The average molecular weight is 315 g/mol. The Morgan fingerprint density at radius 2 is 2.33 bits per heavy atom. The summed E-state index contributed by atoms with van der Waals surface area (Å²) in [7, 11) is 0. The van der Waals surface area contributed by atoms with Gasteiger partial charge in [-0.2, -0.15) is 0 Å². The molecule has 0 aliphatic carbocycles. The first-order chi connectivity index (χ1) is 8.72. The Balaban J connectivity index is 2.01. The molecule has 1 aromatic carbocycles. The number of benzene rings is 1. The van der Waals surface area contributed by atoms with Crippen LogP contribution in [0, 0.1) is 5.82 Å². The quantitative estimate of drug-likeness (QED) is 0.898. The molecule has 1 atom stereocenters. The average Bonchev–Trinajstić information content (AvgIpc) is 2.80. The first kappa shape index (κ1) is 14.0. The minimum Gasteiger partial charge on any atom is -0.315 e. The molecule has 1 unspecified atom stereocenters. The van der Waals surface area contributed by atoms with Crippen molar-refractivity contribution in [2.45, 2.75) is 32.4 Å². The highest BCUT2D eigenvalue weighted by molar-refractivity contribution is 9.10. The van der Waals surface area contributed by atoms with E-state index in [-0.39, 0.29) is 5.82 Å². The van der Waals surface area contributed by atoms with Gasteiger partial charge in [-0.3, -0.25) is 4.90 Å². The van der Waals surface area contributed by atoms with E-state index in [1.807, 2.05) is 6.07 Å². The summed E-state index contributed by atoms with van der Waals surface area (Å²) in [4.78, 5) is 2.45. The number of likely N-dealkylation sites (N-methyl/N-ethyl adjacent to an activating group) is 1. The molecule has 0 spiro atoms. The zero-order valence-electron chi connectivity index (χ0n) is 10.8. The summed E-state index contributed by atoms with van der Waals surface area (Å²) in [5, 5.41) is 3.40. The molecule has 0 aromatic heterocycles. The SMILES string of the molecule is CCNCC1CCCN1Cc1cccc(F)c1Br. The summed E-state index contributed by atoms with van der Waals surface area (Å²) >= 11 is 3.34.